The second-order valence-electron chi connectivity index (χ2n) is 6.17. The Morgan fingerprint density at radius 3 is 2.64 bits per heavy atom. The molecule has 8 heteroatoms. The lowest BCUT2D eigenvalue weighted by Gasteiger charge is -2.23. The van der Waals surface area contributed by atoms with Gasteiger partial charge in [-0.05, 0) is 37.1 Å². The molecule has 1 aromatic carbocycles. The van der Waals surface area contributed by atoms with E-state index >= 15 is 0 Å². The summed E-state index contributed by atoms with van der Waals surface area (Å²) in [5.74, 6) is -1.80. The normalized spacial score (nSPS) is 15.0. The molecule has 1 aliphatic carbocycles. The number of aliphatic carboxylic acids is 1. The summed E-state index contributed by atoms with van der Waals surface area (Å²) in [5, 5.41) is 14.3. The summed E-state index contributed by atoms with van der Waals surface area (Å²) in [6.07, 6.45) is 3.45. The highest BCUT2D eigenvalue weighted by molar-refractivity contribution is 6.42. The monoisotopic (exact) mass is 381 g/mol. The summed E-state index contributed by atoms with van der Waals surface area (Å²) in [7, 11) is 0. The van der Waals surface area contributed by atoms with Crippen molar-refractivity contribution in [2.75, 3.05) is 6.54 Å². The molecular weight excluding hydrogens is 365 g/mol. The van der Waals surface area contributed by atoms with E-state index in [1.165, 1.54) is 0 Å². The number of amides is 1. The second kappa shape index (κ2) is 7.06. The van der Waals surface area contributed by atoms with Crippen LogP contribution in [0.15, 0.2) is 30.5 Å². The van der Waals surface area contributed by atoms with E-state index in [0.29, 0.717) is 15.7 Å². The fourth-order valence-electron chi connectivity index (χ4n) is 2.51. The number of aromatic nitrogens is 2. The van der Waals surface area contributed by atoms with E-state index < -0.39 is 11.9 Å². The Morgan fingerprint density at radius 1 is 1.32 bits per heavy atom. The van der Waals surface area contributed by atoms with Gasteiger partial charge in [-0.15, -0.1) is 0 Å². The van der Waals surface area contributed by atoms with Gasteiger partial charge in [-0.3, -0.25) is 9.59 Å². The summed E-state index contributed by atoms with van der Waals surface area (Å²) < 4.78 is 1.54. The molecule has 1 aliphatic rings. The number of rotatable bonds is 6. The maximum absolute atomic E-state index is 12.8. The van der Waals surface area contributed by atoms with Gasteiger partial charge in [0.15, 0.2) is 5.69 Å². The van der Waals surface area contributed by atoms with Crippen LogP contribution < -0.4 is 0 Å². The van der Waals surface area contributed by atoms with E-state index in [1.54, 1.807) is 47.0 Å². The van der Waals surface area contributed by atoms with Crippen molar-refractivity contribution in [2.45, 2.75) is 25.8 Å². The summed E-state index contributed by atoms with van der Waals surface area (Å²) in [6, 6.07) is 6.79. The molecule has 0 radical (unpaired) electrons. The number of carbonyl (C=O) groups excluding carboxylic acids is 1. The van der Waals surface area contributed by atoms with E-state index in [-0.39, 0.29) is 24.2 Å². The molecule has 1 heterocycles. The number of nitrogens with zero attached hydrogens (tertiary/aromatic N) is 3. The van der Waals surface area contributed by atoms with Crippen LogP contribution in [-0.4, -0.2) is 44.3 Å². The number of halogens is 2. The molecule has 0 saturated heterocycles. The van der Waals surface area contributed by atoms with Crippen LogP contribution in [0.2, 0.25) is 10.0 Å². The number of benzene rings is 1. The molecule has 6 nitrogen and oxygen atoms in total. The number of carboxylic acids is 1. The van der Waals surface area contributed by atoms with E-state index in [0.717, 1.165) is 12.8 Å². The van der Waals surface area contributed by atoms with E-state index in [4.69, 9.17) is 28.3 Å². The molecule has 2 aromatic rings. The standard InChI is InChI=1S/C17H17Cl2N3O3/c1-10(17(24)25)9-21(11-2-3-11)16(23)15-6-7-22(20-15)12-4-5-13(18)14(19)8-12/h4-8,10-11H,2-3,9H2,1H3,(H,24,25). The topological polar surface area (TPSA) is 75.4 Å². The van der Waals surface area contributed by atoms with Crippen molar-refractivity contribution in [1.82, 2.24) is 14.7 Å². The maximum atomic E-state index is 12.8. The Kier molecular flexibility index (Phi) is 5.01. The van der Waals surface area contributed by atoms with Gasteiger partial charge in [-0.1, -0.05) is 30.1 Å². The molecule has 1 atom stereocenters. The van der Waals surface area contributed by atoms with Crippen molar-refractivity contribution >= 4 is 35.1 Å². The minimum absolute atomic E-state index is 0.101. The highest BCUT2D eigenvalue weighted by Crippen LogP contribution is 2.29. The average molecular weight is 382 g/mol. The van der Waals surface area contributed by atoms with Crippen LogP contribution in [-0.2, 0) is 4.79 Å². The van der Waals surface area contributed by atoms with Crippen LogP contribution in [0.4, 0.5) is 0 Å². The first kappa shape index (κ1) is 17.8. The fourth-order valence-corrected chi connectivity index (χ4v) is 2.81. The van der Waals surface area contributed by atoms with Crippen molar-refractivity contribution in [2.24, 2.45) is 5.92 Å². The van der Waals surface area contributed by atoms with Crippen LogP contribution in [0.3, 0.4) is 0 Å². The van der Waals surface area contributed by atoms with Gasteiger partial charge in [-0.25, -0.2) is 4.68 Å². The SMILES string of the molecule is CC(CN(C(=O)c1ccn(-c2ccc(Cl)c(Cl)c2)n1)C1CC1)C(=O)O. The highest BCUT2D eigenvalue weighted by atomic mass is 35.5. The van der Waals surface area contributed by atoms with Crippen LogP contribution in [0.25, 0.3) is 5.69 Å². The molecule has 25 heavy (non-hydrogen) atoms. The molecule has 1 amide bonds. The number of hydrogen-bond donors (Lipinski definition) is 1. The predicted octanol–water partition coefficient (Wildman–Crippen LogP) is 3.50. The lowest BCUT2D eigenvalue weighted by molar-refractivity contribution is -0.141. The van der Waals surface area contributed by atoms with Crippen LogP contribution >= 0.6 is 23.2 Å². The third kappa shape index (κ3) is 3.96. The number of hydrogen-bond acceptors (Lipinski definition) is 3. The fraction of sp³-hybridized carbons (Fsp3) is 0.353. The molecule has 1 fully saturated rings. The minimum atomic E-state index is -0.917. The van der Waals surface area contributed by atoms with Crippen molar-refractivity contribution in [3.05, 3.63) is 46.2 Å². The summed E-state index contributed by atoms with van der Waals surface area (Å²) >= 11 is 11.9. The molecule has 0 aliphatic heterocycles. The molecular formula is C17H17Cl2N3O3. The first-order valence-corrected chi connectivity index (χ1v) is 8.67. The zero-order valence-electron chi connectivity index (χ0n) is 13.5. The van der Waals surface area contributed by atoms with Gasteiger partial charge >= 0.3 is 5.97 Å². The zero-order valence-corrected chi connectivity index (χ0v) is 15.0. The van der Waals surface area contributed by atoms with Gasteiger partial charge in [0.2, 0.25) is 0 Å². The molecule has 3 rings (SSSR count). The Morgan fingerprint density at radius 2 is 2.04 bits per heavy atom. The first-order valence-electron chi connectivity index (χ1n) is 7.91. The number of carbonyl (C=O) groups is 2. The third-order valence-electron chi connectivity index (χ3n) is 4.12. The lowest BCUT2D eigenvalue weighted by Crippen LogP contribution is -2.38. The summed E-state index contributed by atoms with van der Waals surface area (Å²) in [4.78, 5) is 25.5. The largest absolute Gasteiger partial charge is 0.481 e. The second-order valence-corrected chi connectivity index (χ2v) is 6.99. The Hall–Kier alpha value is -2.05. The zero-order chi connectivity index (χ0) is 18.1. The van der Waals surface area contributed by atoms with Crippen LogP contribution in [0.1, 0.15) is 30.3 Å². The lowest BCUT2D eigenvalue weighted by atomic mass is 10.1. The number of carboxylic acid groups (broad SMARTS) is 1. The van der Waals surface area contributed by atoms with Gasteiger partial charge in [-0.2, -0.15) is 5.10 Å². The molecule has 132 valence electrons. The Bertz CT molecular complexity index is 817. The molecule has 1 aromatic heterocycles. The first-order chi connectivity index (χ1) is 11.9. The summed E-state index contributed by atoms with van der Waals surface area (Å²) in [6.45, 7) is 1.78. The van der Waals surface area contributed by atoms with Gasteiger partial charge in [0.1, 0.15) is 0 Å². The van der Waals surface area contributed by atoms with Gasteiger partial charge in [0.25, 0.3) is 5.91 Å². The van der Waals surface area contributed by atoms with E-state index in [2.05, 4.69) is 5.10 Å². The molecule has 1 unspecified atom stereocenters. The van der Waals surface area contributed by atoms with Crippen molar-refractivity contribution in [3.8, 4) is 5.69 Å². The molecule has 1 N–H and O–H groups in total. The average Bonchev–Trinajstić information content (AvgIpc) is 3.30. The Balaban J connectivity index is 1.81. The van der Waals surface area contributed by atoms with Crippen molar-refractivity contribution in [1.29, 1.82) is 0 Å². The smallest absolute Gasteiger partial charge is 0.308 e. The van der Waals surface area contributed by atoms with Gasteiger partial charge in [0.05, 0.1) is 21.7 Å². The quantitative estimate of drug-likeness (QED) is 0.830. The van der Waals surface area contributed by atoms with Crippen LogP contribution in [0.5, 0.6) is 0 Å². The van der Waals surface area contributed by atoms with Crippen molar-refractivity contribution < 1.29 is 14.7 Å². The predicted molar refractivity (Wildman–Crippen MR) is 94.4 cm³/mol. The van der Waals surface area contributed by atoms with Crippen LogP contribution in [0, 0.1) is 5.92 Å². The van der Waals surface area contributed by atoms with Gasteiger partial charge in [0, 0.05) is 18.8 Å². The molecule has 1 saturated carbocycles. The highest BCUT2D eigenvalue weighted by Gasteiger charge is 2.35. The third-order valence-corrected chi connectivity index (χ3v) is 4.86. The maximum Gasteiger partial charge on any atom is 0.308 e. The molecule has 0 bridgehead atoms. The van der Waals surface area contributed by atoms with Gasteiger partial charge < -0.3 is 10.0 Å². The van der Waals surface area contributed by atoms with Crippen molar-refractivity contribution in [3.63, 3.8) is 0 Å². The molecule has 0 spiro atoms. The summed E-state index contributed by atoms with van der Waals surface area (Å²) in [5.41, 5.74) is 0.959. The Labute approximate surface area is 154 Å². The minimum Gasteiger partial charge on any atom is -0.481 e. The van der Waals surface area contributed by atoms with E-state index in [1.807, 2.05) is 0 Å². The van der Waals surface area contributed by atoms with E-state index in [9.17, 15) is 9.59 Å².